The van der Waals surface area contributed by atoms with Gasteiger partial charge in [-0.2, -0.15) is 0 Å². The van der Waals surface area contributed by atoms with Crippen LogP contribution < -0.4 is 9.46 Å². The Hall–Kier alpha value is -2.47. The highest BCUT2D eigenvalue weighted by Gasteiger charge is 2.12. The van der Waals surface area contributed by atoms with E-state index in [0.29, 0.717) is 12.5 Å². The second kappa shape index (κ2) is 7.00. The van der Waals surface area contributed by atoms with Crippen molar-refractivity contribution in [1.82, 2.24) is 15.0 Å². The van der Waals surface area contributed by atoms with Crippen LogP contribution in [0.25, 0.3) is 11.0 Å². The van der Waals surface area contributed by atoms with Crippen molar-refractivity contribution in [2.24, 2.45) is 0 Å². The summed E-state index contributed by atoms with van der Waals surface area (Å²) in [5.74, 6) is 0.578. The van der Waals surface area contributed by atoms with Crippen LogP contribution in [0.5, 0.6) is 5.88 Å². The van der Waals surface area contributed by atoms with Crippen LogP contribution in [0.1, 0.15) is 5.56 Å². The quantitative estimate of drug-likeness (QED) is 0.650. The summed E-state index contributed by atoms with van der Waals surface area (Å²) in [7, 11) is 0. The molecule has 0 aliphatic rings. The van der Waals surface area contributed by atoms with E-state index in [0.717, 1.165) is 23.1 Å². The van der Waals surface area contributed by atoms with E-state index in [1.165, 1.54) is 23.8 Å². The summed E-state index contributed by atoms with van der Waals surface area (Å²) < 4.78 is 9.03. The Morgan fingerprint density at radius 1 is 1.27 bits per heavy atom. The first-order chi connectivity index (χ1) is 10.9. The highest BCUT2D eigenvalue weighted by molar-refractivity contribution is 8.03. The molecule has 1 aromatic carbocycles. The summed E-state index contributed by atoms with van der Waals surface area (Å²) in [6.07, 6.45) is 4.18. The Balaban J connectivity index is 1.75. The van der Waals surface area contributed by atoms with Gasteiger partial charge in [0.25, 0.3) is 0 Å². The number of aromatic amines is 1. The Bertz CT molecular complexity index is 757. The van der Waals surface area contributed by atoms with E-state index in [1.807, 2.05) is 24.4 Å². The summed E-state index contributed by atoms with van der Waals surface area (Å²) in [5.41, 5.74) is 2.87. The maximum Gasteiger partial charge on any atom is 0.228 e. The van der Waals surface area contributed by atoms with Crippen LogP contribution in [-0.4, -0.2) is 21.6 Å². The molecule has 3 aromatic rings. The molecule has 0 radical (unpaired) electrons. The van der Waals surface area contributed by atoms with Gasteiger partial charge in [0, 0.05) is 12.6 Å². The van der Waals surface area contributed by atoms with Crippen LogP contribution in [0.15, 0.2) is 54.8 Å². The fraction of sp³-hybridized carbons (Fsp3) is 0.125. The Morgan fingerprint density at radius 3 is 2.95 bits per heavy atom. The third-order valence-corrected chi connectivity index (χ3v) is 3.66. The third-order valence-electron chi connectivity index (χ3n) is 3.16. The first-order valence-electron chi connectivity index (χ1n) is 6.90. The van der Waals surface area contributed by atoms with Crippen LogP contribution in [0, 0.1) is 0 Å². The fourth-order valence-corrected chi connectivity index (χ4v) is 2.51. The second-order valence-corrected chi connectivity index (χ2v) is 5.35. The number of aromatic nitrogens is 3. The summed E-state index contributed by atoms with van der Waals surface area (Å²) in [5, 5.41) is 2.57. The Kier molecular flexibility index (Phi) is 4.60. The monoisotopic (exact) mass is 312 g/mol. The molecule has 0 spiro atoms. The van der Waals surface area contributed by atoms with Crippen LogP contribution in [-0.2, 0) is 6.42 Å². The molecule has 0 fully saturated rings. The maximum atomic E-state index is 5.86. The van der Waals surface area contributed by atoms with Gasteiger partial charge in [-0.25, -0.2) is 9.97 Å². The molecule has 112 valence electrons. The van der Waals surface area contributed by atoms with Crippen molar-refractivity contribution in [2.45, 2.75) is 6.42 Å². The SMILES string of the molecule is C=CSNc1c[nH]c2ncnc(OCCc3ccccc3)c12. The van der Waals surface area contributed by atoms with Gasteiger partial charge in [-0.05, 0) is 22.9 Å². The molecule has 2 N–H and O–H groups in total. The zero-order chi connectivity index (χ0) is 15.2. The maximum absolute atomic E-state index is 5.86. The standard InChI is InChI=1S/C16H16N4OS/c1-2-22-20-13-10-17-15-14(13)16(19-11-18-15)21-9-8-12-6-4-3-5-7-12/h2-7,10-11,20H,1,8-9H2,(H,17,18,19). The average molecular weight is 312 g/mol. The minimum atomic E-state index is 0.565. The average Bonchev–Trinajstić information content (AvgIpc) is 2.98. The van der Waals surface area contributed by atoms with Gasteiger partial charge in [-0.3, -0.25) is 0 Å². The predicted octanol–water partition coefficient (Wildman–Crippen LogP) is 3.78. The van der Waals surface area contributed by atoms with Gasteiger partial charge < -0.3 is 14.4 Å². The van der Waals surface area contributed by atoms with Gasteiger partial charge in [0.05, 0.1) is 12.3 Å². The van der Waals surface area contributed by atoms with Crippen molar-refractivity contribution in [3.63, 3.8) is 0 Å². The molecule has 0 bridgehead atoms. The summed E-state index contributed by atoms with van der Waals surface area (Å²) in [4.78, 5) is 11.6. The molecular formula is C16H16N4OS. The van der Waals surface area contributed by atoms with Crippen molar-refractivity contribution < 1.29 is 4.74 Å². The molecule has 0 aliphatic heterocycles. The molecule has 22 heavy (non-hydrogen) atoms. The molecule has 2 heterocycles. The van der Waals surface area contributed by atoms with E-state index in [4.69, 9.17) is 4.74 Å². The summed E-state index contributed by atoms with van der Waals surface area (Å²) in [6.45, 7) is 4.24. The largest absolute Gasteiger partial charge is 0.477 e. The van der Waals surface area contributed by atoms with Crippen LogP contribution >= 0.6 is 11.9 Å². The fourth-order valence-electron chi connectivity index (χ4n) is 2.14. The molecule has 0 saturated heterocycles. The zero-order valence-corrected chi connectivity index (χ0v) is 12.8. The van der Waals surface area contributed by atoms with E-state index in [1.54, 1.807) is 5.41 Å². The number of nitrogens with zero attached hydrogens (tertiary/aromatic N) is 2. The van der Waals surface area contributed by atoms with E-state index in [9.17, 15) is 0 Å². The van der Waals surface area contributed by atoms with Gasteiger partial charge in [-0.15, -0.1) is 0 Å². The topological polar surface area (TPSA) is 62.8 Å². The van der Waals surface area contributed by atoms with Crippen molar-refractivity contribution in [2.75, 3.05) is 11.3 Å². The van der Waals surface area contributed by atoms with Gasteiger partial charge in [0.2, 0.25) is 5.88 Å². The molecular weight excluding hydrogens is 296 g/mol. The number of fused-ring (bicyclic) bond motifs is 1. The minimum absolute atomic E-state index is 0.565. The molecule has 0 atom stereocenters. The van der Waals surface area contributed by atoms with E-state index in [-0.39, 0.29) is 0 Å². The molecule has 0 unspecified atom stereocenters. The lowest BCUT2D eigenvalue weighted by Gasteiger charge is -2.07. The number of hydrogen-bond donors (Lipinski definition) is 2. The van der Waals surface area contributed by atoms with Crippen molar-refractivity contribution in [1.29, 1.82) is 0 Å². The zero-order valence-electron chi connectivity index (χ0n) is 12.0. The van der Waals surface area contributed by atoms with Gasteiger partial charge in [0.1, 0.15) is 17.4 Å². The van der Waals surface area contributed by atoms with Crippen LogP contribution in [0.4, 0.5) is 5.69 Å². The first kappa shape index (κ1) is 14.5. The lowest BCUT2D eigenvalue weighted by Crippen LogP contribution is -2.03. The number of hydrogen-bond acceptors (Lipinski definition) is 5. The van der Waals surface area contributed by atoms with Crippen molar-refractivity contribution in [3.05, 3.63) is 60.4 Å². The molecule has 0 saturated carbocycles. The molecule has 3 rings (SSSR count). The normalized spacial score (nSPS) is 10.5. The van der Waals surface area contributed by atoms with Crippen molar-refractivity contribution >= 4 is 28.7 Å². The van der Waals surface area contributed by atoms with Gasteiger partial charge in [0.15, 0.2) is 0 Å². The van der Waals surface area contributed by atoms with Gasteiger partial charge >= 0.3 is 0 Å². The Morgan fingerprint density at radius 2 is 2.14 bits per heavy atom. The summed E-state index contributed by atoms with van der Waals surface area (Å²) in [6, 6.07) is 10.2. The first-order valence-corrected chi connectivity index (χ1v) is 7.78. The van der Waals surface area contributed by atoms with Crippen molar-refractivity contribution in [3.8, 4) is 5.88 Å². The molecule has 6 heteroatoms. The number of anilines is 1. The van der Waals surface area contributed by atoms with E-state index >= 15 is 0 Å². The third kappa shape index (κ3) is 3.23. The van der Waals surface area contributed by atoms with Gasteiger partial charge in [-0.1, -0.05) is 36.9 Å². The number of H-pyrrole nitrogens is 1. The summed E-state index contributed by atoms with van der Waals surface area (Å²) >= 11 is 1.39. The lowest BCUT2D eigenvalue weighted by molar-refractivity contribution is 0.313. The number of nitrogens with one attached hydrogen (secondary N) is 2. The number of ether oxygens (including phenoxy) is 1. The molecule has 5 nitrogen and oxygen atoms in total. The van der Waals surface area contributed by atoms with E-state index in [2.05, 4.69) is 38.4 Å². The highest BCUT2D eigenvalue weighted by atomic mass is 32.2. The molecule has 2 aromatic heterocycles. The molecule has 0 aliphatic carbocycles. The molecule has 0 amide bonds. The minimum Gasteiger partial charge on any atom is -0.477 e. The van der Waals surface area contributed by atoms with Crippen LogP contribution in [0.3, 0.4) is 0 Å². The lowest BCUT2D eigenvalue weighted by atomic mass is 10.2. The smallest absolute Gasteiger partial charge is 0.228 e. The Labute approximate surface area is 133 Å². The van der Waals surface area contributed by atoms with E-state index < -0.39 is 0 Å². The number of rotatable bonds is 7. The number of benzene rings is 1. The predicted molar refractivity (Wildman–Crippen MR) is 90.9 cm³/mol. The second-order valence-electron chi connectivity index (χ2n) is 4.58. The van der Waals surface area contributed by atoms with Crippen LogP contribution in [0.2, 0.25) is 0 Å². The highest BCUT2D eigenvalue weighted by Crippen LogP contribution is 2.30.